The van der Waals surface area contributed by atoms with Crippen molar-refractivity contribution < 1.29 is 19.2 Å². The molecule has 108 valence electrons. The van der Waals surface area contributed by atoms with Crippen LogP contribution in [-0.4, -0.2) is 23.1 Å². The molecule has 4 nitrogen and oxygen atoms in total. The van der Waals surface area contributed by atoms with Crippen molar-refractivity contribution in [2.75, 3.05) is 0 Å². The summed E-state index contributed by atoms with van der Waals surface area (Å²) >= 11 is 0. The Morgan fingerprint density at radius 2 is 1.00 bits per heavy atom. The van der Waals surface area contributed by atoms with Crippen molar-refractivity contribution in [3.8, 4) is 0 Å². The lowest BCUT2D eigenvalue weighted by atomic mass is 9.76. The normalized spacial score (nSPS) is 16.6. The highest BCUT2D eigenvalue weighted by atomic mass is 16.2. The van der Waals surface area contributed by atoms with Crippen LogP contribution in [-0.2, 0) is 0 Å². The number of ketones is 4. The minimum atomic E-state index is -0.242. The quantitative estimate of drug-likeness (QED) is 0.700. The van der Waals surface area contributed by atoms with Gasteiger partial charge in [0.05, 0.1) is 12.8 Å². The maximum atomic E-state index is 12.3. The first-order chi connectivity index (χ1) is 10.4. The smallest absolute Gasteiger partial charge is 0.171 e. The van der Waals surface area contributed by atoms with E-state index in [4.69, 9.17) is 0 Å². The molecule has 2 aliphatic rings. The molecule has 4 heteroatoms. The molecule has 0 amide bonds. The molecule has 0 N–H and O–H groups in total. The molecule has 2 aromatic rings. The van der Waals surface area contributed by atoms with E-state index in [1.165, 1.54) is 0 Å². The molecule has 0 aromatic heterocycles. The maximum absolute atomic E-state index is 12.3. The van der Waals surface area contributed by atoms with Gasteiger partial charge in [-0.15, -0.1) is 0 Å². The van der Waals surface area contributed by atoms with Gasteiger partial charge in [0.15, 0.2) is 23.1 Å². The zero-order valence-electron chi connectivity index (χ0n) is 12.2. The standard InChI is InChI=1S/C18H12O4/c1-7-3-9-11(19)6-14(22)16-8(2)4-10-12(20)5-13(21)15(7)17(10)18(9)16/h3-4H,5-6H2,1-2H3. The van der Waals surface area contributed by atoms with Gasteiger partial charge in [0.2, 0.25) is 0 Å². The number of aryl methyl sites for hydroxylation is 2. The van der Waals surface area contributed by atoms with E-state index in [0.717, 1.165) is 0 Å². The Kier molecular flexibility index (Phi) is 2.36. The molecule has 0 atom stereocenters. The van der Waals surface area contributed by atoms with Gasteiger partial charge in [-0.25, -0.2) is 0 Å². The predicted octanol–water partition coefficient (Wildman–Crippen LogP) is 2.99. The number of benzene rings is 2. The van der Waals surface area contributed by atoms with Gasteiger partial charge in [-0.1, -0.05) is 0 Å². The monoisotopic (exact) mass is 292 g/mol. The van der Waals surface area contributed by atoms with Gasteiger partial charge in [0.1, 0.15) is 0 Å². The van der Waals surface area contributed by atoms with Gasteiger partial charge in [-0.3, -0.25) is 19.2 Å². The molecule has 0 bridgehead atoms. The highest BCUT2D eigenvalue weighted by Crippen LogP contribution is 2.40. The number of hydrogen-bond acceptors (Lipinski definition) is 4. The lowest BCUT2D eigenvalue weighted by Gasteiger charge is -2.25. The van der Waals surface area contributed by atoms with Crippen LogP contribution in [0.15, 0.2) is 12.1 Å². The fourth-order valence-electron chi connectivity index (χ4n) is 3.72. The Labute approximate surface area is 126 Å². The fourth-order valence-corrected chi connectivity index (χ4v) is 3.72. The average Bonchev–Trinajstić information content (AvgIpc) is 2.43. The Hall–Kier alpha value is -2.62. The molecular formula is C18H12O4. The summed E-state index contributed by atoms with van der Waals surface area (Å²) < 4.78 is 0. The lowest BCUT2D eigenvalue weighted by Crippen LogP contribution is -2.24. The van der Waals surface area contributed by atoms with Gasteiger partial charge in [-0.05, 0) is 37.1 Å². The van der Waals surface area contributed by atoms with Crippen LogP contribution in [0.25, 0.3) is 10.8 Å². The largest absolute Gasteiger partial charge is 0.294 e. The van der Waals surface area contributed by atoms with Crippen LogP contribution in [0, 0.1) is 13.8 Å². The summed E-state index contributed by atoms with van der Waals surface area (Å²) in [6.07, 6.45) is -0.300. The van der Waals surface area contributed by atoms with Crippen LogP contribution in [0.3, 0.4) is 0 Å². The van der Waals surface area contributed by atoms with Crippen LogP contribution in [0.1, 0.15) is 65.4 Å². The van der Waals surface area contributed by atoms with E-state index in [9.17, 15) is 19.2 Å². The number of Topliss-reactive ketones (excluding diaryl/α,β-unsaturated/α-hetero) is 4. The summed E-state index contributed by atoms with van der Waals surface area (Å²) in [4.78, 5) is 49.1. The highest BCUT2D eigenvalue weighted by molar-refractivity contribution is 6.35. The first-order valence-electron chi connectivity index (χ1n) is 7.14. The maximum Gasteiger partial charge on any atom is 0.171 e. The molecule has 2 aromatic carbocycles. The summed E-state index contributed by atoms with van der Waals surface area (Å²) in [7, 11) is 0. The number of carbonyl (C=O) groups is 4. The van der Waals surface area contributed by atoms with Crippen LogP contribution < -0.4 is 0 Å². The second-order valence-corrected chi connectivity index (χ2v) is 6.03. The topological polar surface area (TPSA) is 68.3 Å². The SMILES string of the molecule is Cc1cc2c3c(c(C)cc4c3c1C(=O)CC4=O)C(=O)CC2=O. The van der Waals surface area contributed by atoms with Gasteiger partial charge in [0.25, 0.3) is 0 Å². The molecule has 2 aliphatic carbocycles. The van der Waals surface area contributed by atoms with E-state index < -0.39 is 0 Å². The van der Waals surface area contributed by atoms with E-state index >= 15 is 0 Å². The summed E-state index contributed by atoms with van der Waals surface area (Å²) in [6.45, 7) is 3.54. The second-order valence-electron chi connectivity index (χ2n) is 6.03. The number of rotatable bonds is 0. The lowest BCUT2D eigenvalue weighted by molar-refractivity contribution is 0.0868. The van der Waals surface area contributed by atoms with Crippen molar-refractivity contribution in [2.45, 2.75) is 26.7 Å². The molecule has 0 aliphatic heterocycles. The molecule has 0 radical (unpaired) electrons. The van der Waals surface area contributed by atoms with Crippen molar-refractivity contribution in [1.82, 2.24) is 0 Å². The Morgan fingerprint density at radius 1 is 0.636 bits per heavy atom. The van der Waals surface area contributed by atoms with E-state index in [0.29, 0.717) is 44.2 Å². The van der Waals surface area contributed by atoms with Crippen molar-refractivity contribution >= 4 is 33.9 Å². The van der Waals surface area contributed by atoms with Crippen molar-refractivity contribution in [3.63, 3.8) is 0 Å². The van der Waals surface area contributed by atoms with E-state index in [1.54, 1.807) is 26.0 Å². The first kappa shape index (κ1) is 13.1. The van der Waals surface area contributed by atoms with E-state index in [1.807, 2.05) is 0 Å². The van der Waals surface area contributed by atoms with Crippen molar-refractivity contribution in [2.24, 2.45) is 0 Å². The molecule has 4 rings (SSSR count). The van der Waals surface area contributed by atoms with Crippen LogP contribution >= 0.6 is 0 Å². The van der Waals surface area contributed by atoms with Crippen LogP contribution in [0.4, 0.5) is 0 Å². The van der Waals surface area contributed by atoms with Gasteiger partial charge in [0, 0.05) is 33.0 Å². The predicted molar refractivity (Wildman–Crippen MR) is 80.0 cm³/mol. The Bertz CT molecular complexity index is 884. The van der Waals surface area contributed by atoms with Crippen molar-refractivity contribution in [1.29, 1.82) is 0 Å². The van der Waals surface area contributed by atoms with Gasteiger partial charge in [-0.2, -0.15) is 0 Å². The van der Waals surface area contributed by atoms with E-state index in [2.05, 4.69) is 0 Å². The summed E-state index contributed by atoms with van der Waals surface area (Å²) in [5, 5.41) is 0.997. The Balaban J connectivity index is 2.36. The summed E-state index contributed by atoms with van der Waals surface area (Å²) in [5.41, 5.74) is 3.27. The molecule has 0 heterocycles. The number of hydrogen-bond donors (Lipinski definition) is 0. The molecule has 0 saturated carbocycles. The Morgan fingerprint density at radius 3 is 1.36 bits per heavy atom. The second kappa shape index (κ2) is 3.97. The zero-order chi connectivity index (χ0) is 15.8. The molecule has 22 heavy (non-hydrogen) atoms. The summed E-state index contributed by atoms with van der Waals surface area (Å²) in [6, 6.07) is 3.37. The average molecular weight is 292 g/mol. The van der Waals surface area contributed by atoms with Crippen LogP contribution in [0.2, 0.25) is 0 Å². The fraction of sp³-hybridized carbons (Fsp3) is 0.222. The molecular weight excluding hydrogens is 280 g/mol. The van der Waals surface area contributed by atoms with Gasteiger partial charge >= 0.3 is 0 Å². The zero-order valence-corrected chi connectivity index (χ0v) is 12.2. The van der Waals surface area contributed by atoms with Crippen molar-refractivity contribution in [3.05, 3.63) is 45.5 Å². The molecule has 0 saturated heterocycles. The molecule has 0 fully saturated rings. The minimum absolute atomic E-state index is 0.150. The minimum Gasteiger partial charge on any atom is -0.294 e. The third-order valence-corrected chi connectivity index (χ3v) is 4.60. The third-order valence-electron chi connectivity index (χ3n) is 4.60. The molecule has 0 spiro atoms. The summed E-state index contributed by atoms with van der Waals surface area (Å²) in [5.74, 6) is -0.952. The molecule has 0 unspecified atom stereocenters. The third kappa shape index (κ3) is 1.42. The highest BCUT2D eigenvalue weighted by Gasteiger charge is 2.35. The van der Waals surface area contributed by atoms with Crippen LogP contribution in [0.5, 0.6) is 0 Å². The van der Waals surface area contributed by atoms with E-state index in [-0.39, 0.29) is 36.0 Å². The number of carbonyl (C=O) groups excluding carboxylic acids is 4. The van der Waals surface area contributed by atoms with Gasteiger partial charge < -0.3 is 0 Å². The first-order valence-corrected chi connectivity index (χ1v) is 7.14.